The van der Waals surface area contributed by atoms with Crippen molar-refractivity contribution in [2.75, 3.05) is 0 Å². The van der Waals surface area contributed by atoms with E-state index in [2.05, 4.69) is 0 Å². The molecule has 0 N–H and O–H groups in total. The first-order valence-corrected chi connectivity index (χ1v) is 8.22. The van der Waals surface area contributed by atoms with Gasteiger partial charge in [-0.25, -0.2) is 14.4 Å². The van der Waals surface area contributed by atoms with Gasteiger partial charge in [0.2, 0.25) is 0 Å². The van der Waals surface area contributed by atoms with Crippen LogP contribution in [0.2, 0.25) is 0 Å². The lowest BCUT2D eigenvalue weighted by atomic mass is 10.2. The largest absolute Gasteiger partial charge is 0.514 e. The number of carbonyl (C=O) groups is 2. The van der Waals surface area contributed by atoms with Gasteiger partial charge < -0.3 is 23.4 Å². The highest BCUT2D eigenvalue weighted by Crippen LogP contribution is 2.33. The van der Waals surface area contributed by atoms with E-state index in [1.807, 2.05) is 0 Å². The highest BCUT2D eigenvalue weighted by molar-refractivity contribution is 5.83. The summed E-state index contributed by atoms with van der Waals surface area (Å²) in [5, 5.41) is 0.463. The maximum absolute atomic E-state index is 12.0. The summed E-state index contributed by atoms with van der Waals surface area (Å²) in [5.41, 5.74) is -1.98. The maximum atomic E-state index is 12.0. The van der Waals surface area contributed by atoms with Crippen LogP contribution in [0.1, 0.15) is 41.5 Å². The Morgan fingerprint density at radius 1 is 0.815 bits per heavy atom. The smallest absolute Gasteiger partial charge is 0.428 e. The molecule has 1 aromatic carbocycles. The van der Waals surface area contributed by atoms with E-state index in [9.17, 15) is 14.4 Å². The Balaban J connectivity index is 2.39. The molecule has 0 atom stereocenters. The topological polar surface area (TPSA) is 101 Å². The van der Waals surface area contributed by atoms with E-state index >= 15 is 0 Å². The molecule has 0 aliphatic carbocycles. The Labute approximate surface area is 156 Å². The molecule has 0 radical (unpaired) electrons. The van der Waals surface area contributed by atoms with Crippen LogP contribution in [0.25, 0.3) is 11.0 Å². The van der Waals surface area contributed by atoms with E-state index in [-0.39, 0.29) is 17.1 Å². The predicted octanol–water partition coefficient (Wildman–Crippen LogP) is 4.42. The van der Waals surface area contributed by atoms with Gasteiger partial charge in [-0.05, 0) is 53.7 Å². The summed E-state index contributed by atoms with van der Waals surface area (Å²) in [6.45, 7) is 10.1. The van der Waals surface area contributed by atoms with Gasteiger partial charge in [-0.2, -0.15) is 0 Å². The highest BCUT2D eigenvalue weighted by Gasteiger charge is 2.23. The molecule has 0 saturated carbocycles. The third kappa shape index (κ3) is 6.32. The lowest BCUT2D eigenvalue weighted by Gasteiger charge is -2.20. The van der Waals surface area contributed by atoms with Crippen molar-refractivity contribution in [3.8, 4) is 11.5 Å². The van der Waals surface area contributed by atoms with E-state index in [0.29, 0.717) is 5.39 Å². The molecule has 2 rings (SSSR count). The Kier molecular flexibility index (Phi) is 5.48. The second-order valence-electron chi connectivity index (χ2n) is 7.72. The van der Waals surface area contributed by atoms with Gasteiger partial charge in [0.25, 0.3) is 0 Å². The van der Waals surface area contributed by atoms with Crippen LogP contribution in [0.3, 0.4) is 0 Å². The Morgan fingerprint density at radius 2 is 1.30 bits per heavy atom. The summed E-state index contributed by atoms with van der Waals surface area (Å²) in [5.74, 6) is -0.242. The van der Waals surface area contributed by atoms with Crippen molar-refractivity contribution >= 4 is 23.3 Å². The van der Waals surface area contributed by atoms with Gasteiger partial charge in [-0.3, -0.25) is 0 Å². The fourth-order valence-electron chi connectivity index (χ4n) is 1.96. The number of carbonyl (C=O) groups excluding carboxylic acids is 2. The molecule has 0 saturated heterocycles. The molecule has 1 aromatic heterocycles. The van der Waals surface area contributed by atoms with Crippen LogP contribution in [0.15, 0.2) is 33.5 Å². The second kappa shape index (κ2) is 7.30. The van der Waals surface area contributed by atoms with E-state index in [1.54, 1.807) is 41.5 Å². The first kappa shape index (κ1) is 20.3. The SMILES string of the molecule is CC(C)(C)OC(=O)Oc1cc2ccc(=O)oc2cc1OC(=O)OC(C)(C)C. The van der Waals surface area contributed by atoms with Crippen molar-refractivity contribution in [3.05, 3.63) is 34.7 Å². The summed E-state index contributed by atoms with van der Waals surface area (Å²) in [4.78, 5) is 35.4. The average molecular weight is 378 g/mol. The van der Waals surface area contributed by atoms with Gasteiger partial charge in [0, 0.05) is 17.5 Å². The standard InChI is InChI=1S/C19H22O8/c1-18(2,3)26-16(21)24-13-9-11-7-8-15(20)23-12(11)10-14(13)25-17(22)27-19(4,5)6/h7-10H,1-6H3. The van der Waals surface area contributed by atoms with Crippen molar-refractivity contribution in [2.24, 2.45) is 0 Å². The monoisotopic (exact) mass is 378 g/mol. The fraction of sp³-hybridized carbons (Fsp3) is 0.421. The molecular weight excluding hydrogens is 356 g/mol. The Hall–Kier alpha value is -3.03. The van der Waals surface area contributed by atoms with Crippen molar-refractivity contribution in [1.82, 2.24) is 0 Å². The van der Waals surface area contributed by atoms with E-state index in [4.69, 9.17) is 23.4 Å². The lowest BCUT2D eigenvalue weighted by molar-refractivity contribution is 0.0138. The van der Waals surface area contributed by atoms with Gasteiger partial charge in [0.15, 0.2) is 11.5 Å². The minimum absolute atomic E-state index is 0.0866. The first-order valence-electron chi connectivity index (χ1n) is 8.22. The quantitative estimate of drug-likeness (QED) is 0.430. The lowest BCUT2D eigenvalue weighted by Crippen LogP contribution is -2.27. The van der Waals surface area contributed by atoms with Crippen molar-refractivity contribution in [2.45, 2.75) is 52.7 Å². The number of ether oxygens (including phenoxy) is 4. The molecule has 0 aliphatic heterocycles. The van der Waals surface area contributed by atoms with Gasteiger partial charge in [-0.1, -0.05) is 0 Å². The highest BCUT2D eigenvalue weighted by atomic mass is 16.8. The van der Waals surface area contributed by atoms with E-state index in [0.717, 1.165) is 0 Å². The summed E-state index contributed by atoms with van der Waals surface area (Å²) in [7, 11) is 0. The van der Waals surface area contributed by atoms with Crippen molar-refractivity contribution in [3.63, 3.8) is 0 Å². The zero-order valence-corrected chi connectivity index (χ0v) is 16.1. The van der Waals surface area contributed by atoms with Gasteiger partial charge in [0.05, 0.1) is 0 Å². The molecule has 0 amide bonds. The second-order valence-corrected chi connectivity index (χ2v) is 7.72. The number of hydrogen-bond donors (Lipinski definition) is 0. The maximum Gasteiger partial charge on any atom is 0.514 e. The first-order chi connectivity index (χ1) is 12.3. The minimum atomic E-state index is -1.01. The molecule has 0 spiro atoms. The number of rotatable bonds is 2. The Morgan fingerprint density at radius 3 is 1.78 bits per heavy atom. The summed E-state index contributed by atoms with van der Waals surface area (Å²) < 4.78 is 25.6. The molecule has 146 valence electrons. The average Bonchev–Trinajstić information content (AvgIpc) is 2.44. The van der Waals surface area contributed by atoms with Gasteiger partial charge >= 0.3 is 17.9 Å². The van der Waals surface area contributed by atoms with Crippen LogP contribution in [-0.4, -0.2) is 23.5 Å². The zero-order chi connectivity index (χ0) is 20.4. The van der Waals surface area contributed by atoms with Gasteiger partial charge in [-0.15, -0.1) is 0 Å². The molecular formula is C19H22O8. The third-order valence-corrected chi connectivity index (χ3v) is 2.85. The van der Waals surface area contributed by atoms with Crippen molar-refractivity contribution in [1.29, 1.82) is 0 Å². The summed E-state index contributed by atoms with van der Waals surface area (Å²) >= 11 is 0. The molecule has 1 heterocycles. The zero-order valence-electron chi connectivity index (χ0n) is 16.1. The molecule has 0 aliphatic rings. The van der Waals surface area contributed by atoms with Gasteiger partial charge in [0.1, 0.15) is 16.8 Å². The number of hydrogen-bond acceptors (Lipinski definition) is 8. The van der Waals surface area contributed by atoms with Crippen LogP contribution >= 0.6 is 0 Å². The van der Waals surface area contributed by atoms with Crippen LogP contribution in [0.5, 0.6) is 11.5 Å². The van der Waals surface area contributed by atoms with Crippen LogP contribution in [0, 0.1) is 0 Å². The molecule has 27 heavy (non-hydrogen) atoms. The Bertz CT molecular complexity index is 912. The van der Waals surface area contributed by atoms with E-state index < -0.39 is 29.1 Å². The van der Waals surface area contributed by atoms with Crippen LogP contribution < -0.4 is 15.1 Å². The van der Waals surface area contributed by atoms with E-state index in [1.165, 1.54) is 24.3 Å². The fourth-order valence-corrected chi connectivity index (χ4v) is 1.96. The molecule has 8 heteroatoms. The third-order valence-electron chi connectivity index (χ3n) is 2.85. The van der Waals surface area contributed by atoms with Crippen LogP contribution in [0.4, 0.5) is 9.59 Å². The summed E-state index contributed by atoms with van der Waals surface area (Å²) in [6, 6.07) is 5.36. The number of fused-ring (bicyclic) bond motifs is 1. The predicted molar refractivity (Wildman–Crippen MR) is 96.2 cm³/mol. The molecule has 2 aromatic rings. The normalized spacial score (nSPS) is 11.8. The van der Waals surface area contributed by atoms with Crippen LogP contribution in [-0.2, 0) is 9.47 Å². The summed E-state index contributed by atoms with van der Waals surface area (Å²) in [6.07, 6.45) is -1.98. The molecule has 0 unspecified atom stereocenters. The molecule has 0 bridgehead atoms. The minimum Gasteiger partial charge on any atom is -0.428 e. The van der Waals surface area contributed by atoms with Crippen molar-refractivity contribution < 1.29 is 33.0 Å². The number of benzene rings is 1. The molecule has 8 nitrogen and oxygen atoms in total. The molecule has 0 fully saturated rings.